The number of rotatable bonds is 12. The van der Waals surface area contributed by atoms with E-state index in [4.69, 9.17) is 0 Å². The molecule has 1 aliphatic carbocycles. The smallest absolute Gasteiger partial charge is 0.232 e. The van der Waals surface area contributed by atoms with Crippen LogP contribution in [0.25, 0.3) is 0 Å². The Kier molecular flexibility index (Phi) is 10.7. The molecule has 1 saturated carbocycles. The van der Waals surface area contributed by atoms with Crippen LogP contribution in [-0.2, 0) is 22.4 Å². The lowest BCUT2D eigenvalue weighted by atomic mass is 9.82. The Balaban J connectivity index is 0.971. The number of hydrogen-bond donors (Lipinski definition) is 2. The fraction of sp³-hybridized carbons (Fsp3) is 0.484. The van der Waals surface area contributed by atoms with Crippen LogP contribution in [0.1, 0.15) is 48.0 Å². The summed E-state index contributed by atoms with van der Waals surface area (Å²) in [5, 5.41) is 24.5. The number of carbonyl (C=O) groups excluding carboxylic acids is 2. The van der Waals surface area contributed by atoms with E-state index in [0.717, 1.165) is 47.1 Å². The van der Waals surface area contributed by atoms with Crippen molar-refractivity contribution in [1.29, 1.82) is 0 Å². The Morgan fingerprint density at radius 1 is 0.957 bits per heavy atom. The van der Waals surface area contributed by atoms with Crippen molar-refractivity contribution in [1.82, 2.24) is 25.5 Å². The number of nitrogens with one attached hydrogen (secondary N) is 2. The highest BCUT2D eigenvalue weighted by Gasteiger charge is 2.30. The van der Waals surface area contributed by atoms with E-state index >= 15 is 0 Å². The Hall–Kier alpha value is -4.05. The summed E-state index contributed by atoms with van der Waals surface area (Å²) in [4.78, 5) is 37.8. The summed E-state index contributed by atoms with van der Waals surface area (Å²) >= 11 is 2.79. The molecule has 2 N–H and O–H groups in total. The van der Waals surface area contributed by atoms with Gasteiger partial charge in [-0.05, 0) is 43.5 Å². The molecule has 3 aromatic heterocycles. The fourth-order valence-electron chi connectivity index (χ4n) is 5.92. The summed E-state index contributed by atoms with van der Waals surface area (Å²) in [5.41, 5.74) is 2.96. The van der Waals surface area contributed by atoms with Crippen LogP contribution in [0.4, 0.5) is 25.3 Å². The number of halogens is 2. The summed E-state index contributed by atoms with van der Waals surface area (Å²) in [7, 11) is 0. The van der Waals surface area contributed by atoms with E-state index in [0.29, 0.717) is 48.6 Å². The van der Waals surface area contributed by atoms with Crippen molar-refractivity contribution in [2.75, 3.05) is 47.2 Å². The van der Waals surface area contributed by atoms with E-state index in [1.54, 1.807) is 12.4 Å². The number of nitrogens with zero attached hydrogens (tertiary/aromatic N) is 8. The lowest BCUT2D eigenvalue weighted by Gasteiger charge is -2.36. The van der Waals surface area contributed by atoms with Gasteiger partial charge in [-0.15, -0.1) is 15.3 Å². The molecule has 2 aliphatic heterocycles. The van der Waals surface area contributed by atoms with Crippen LogP contribution in [-0.4, -0.2) is 88.1 Å². The molecule has 0 radical (unpaired) electrons. The normalized spacial score (nSPS) is 20.3. The Labute approximate surface area is 279 Å². The largest absolute Gasteiger partial charge is 0.365 e. The van der Waals surface area contributed by atoms with Gasteiger partial charge in [0.05, 0.1) is 56.3 Å². The van der Waals surface area contributed by atoms with Crippen molar-refractivity contribution in [3.8, 4) is 0 Å². The molecule has 3 fully saturated rings. The van der Waals surface area contributed by atoms with Gasteiger partial charge in [-0.1, -0.05) is 29.5 Å². The number of pyridine rings is 2. The first-order valence-corrected chi connectivity index (χ1v) is 17.4. The standard InChI is InChI=1S/C31H36F2N10O2S2/c1-34-39-29(46-18-37-27(44)12-23-10-25(5-7-35-23)42-14-21(32)15-42)19-3-2-4-20(9-19)30-40-41-31(47-30)38-28(45)13-24-11-26(6-8-36-24)43-16-22(33)17-43/h5-8,10-11,19-22H,1-4,9,12-18H2,(H,37,44)(H,38,41,45)/b39-29-/t19?,20-/m0/s1. The third kappa shape index (κ3) is 8.66. The molecule has 0 aromatic carbocycles. The first-order valence-electron chi connectivity index (χ1n) is 15.6. The van der Waals surface area contributed by atoms with Gasteiger partial charge in [-0.3, -0.25) is 19.6 Å². The summed E-state index contributed by atoms with van der Waals surface area (Å²) in [6.45, 7) is 4.98. The zero-order valence-corrected chi connectivity index (χ0v) is 27.4. The van der Waals surface area contributed by atoms with E-state index in [-0.39, 0.29) is 36.5 Å². The van der Waals surface area contributed by atoms with Crippen LogP contribution >= 0.6 is 23.1 Å². The zero-order valence-electron chi connectivity index (χ0n) is 25.7. The minimum atomic E-state index is -0.812. The van der Waals surface area contributed by atoms with Gasteiger partial charge < -0.3 is 20.4 Å². The van der Waals surface area contributed by atoms with E-state index < -0.39 is 12.3 Å². The SMILES string of the molecule is C=N/N=C(\SCNC(=O)Cc1cc(N2CC(F)C2)ccn1)C1CCC[C@H](c2nnc(NC(=O)Cc3cc(N4CC(F)C4)ccn3)s2)C1. The van der Waals surface area contributed by atoms with Gasteiger partial charge in [0, 0.05) is 42.3 Å². The number of carbonyl (C=O) groups is 2. The molecular weight excluding hydrogens is 647 g/mol. The first-order chi connectivity index (χ1) is 22.8. The summed E-state index contributed by atoms with van der Waals surface area (Å²) in [6.07, 6.45) is 5.47. The molecule has 16 heteroatoms. The molecule has 3 aromatic rings. The van der Waals surface area contributed by atoms with Gasteiger partial charge in [0.2, 0.25) is 16.9 Å². The molecule has 2 atom stereocenters. The molecule has 3 aliphatic rings. The number of alkyl halides is 2. The van der Waals surface area contributed by atoms with Crippen LogP contribution < -0.4 is 20.4 Å². The van der Waals surface area contributed by atoms with Crippen LogP contribution in [0.5, 0.6) is 0 Å². The molecule has 0 spiro atoms. The quantitative estimate of drug-likeness (QED) is 0.125. The molecule has 248 valence electrons. The van der Waals surface area contributed by atoms with Gasteiger partial charge in [0.15, 0.2) is 0 Å². The third-order valence-corrected chi connectivity index (χ3v) is 10.4. The summed E-state index contributed by atoms with van der Waals surface area (Å²) in [5.74, 6) is 0.179. The first kappa shape index (κ1) is 32.9. The maximum absolute atomic E-state index is 13.2. The highest BCUT2D eigenvalue weighted by Crippen LogP contribution is 2.40. The predicted molar refractivity (Wildman–Crippen MR) is 181 cm³/mol. The third-order valence-electron chi connectivity index (χ3n) is 8.41. The number of anilines is 3. The maximum atomic E-state index is 13.2. The molecule has 1 unspecified atom stereocenters. The zero-order chi connectivity index (χ0) is 32.8. The molecule has 2 saturated heterocycles. The Bertz CT molecular complexity index is 1610. The minimum Gasteiger partial charge on any atom is -0.365 e. The molecule has 6 rings (SSSR count). The van der Waals surface area contributed by atoms with Crippen molar-refractivity contribution in [2.45, 2.75) is 56.8 Å². The maximum Gasteiger partial charge on any atom is 0.232 e. The van der Waals surface area contributed by atoms with Crippen LogP contribution in [0.2, 0.25) is 0 Å². The monoisotopic (exact) mass is 682 g/mol. The number of aromatic nitrogens is 4. The number of hydrogen-bond acceptors (Lipinski definition) is 12. The lowest BCUT2D eigenvalue weighted by molar-refractivity contribution is -0.120. The van der Waals surface area contributed by atoms with Crippen molar-refractivity contribution in [2.24, 2.45) is 16.1 Å². The van der Waals surface area contributed by atoms with E-state index in [1.165, 1.54) is 23.1 Å². The molecule has 12 nitrogen and oxygen atoms in total. The number of thioether (sulfide) groups is 1. The summed E-state index contributed by atoms with van der Waals surface area (Å²) in [6, 6.07) is 7.28. The number of amides is 2. The molecular formula is C31H36F2N10O2S2. The predicted octanol–water partition coefficient (Wildman–Crippen LogP) is 4.16. The average Bonchev–Trinajstić information content (AvgIpc) is 3.50. The van der Waals surface area contributed by atoms with Gasteiger partial charge in [0.1, 0.15) is 22.4 Å². The van der Waals surface area contributed by atoms with Gasteiger partial charge >= 0.3 is 0 Å². The lowest BCUT2D eigenvalue weighted by Crippen LogP contribution is -2.48. The van der Waals surface area contributed by atoms with E-state index in [2.05, 4.69) is 47.7 Å². The van der Waals surface area contributed by atoms with Gasteiger partial charge in [0.25, 0.3) is 0 Å². The highest BCUT2D eigenvalue weighted by atomic mass is 32.2. The molecule has 47 heavy (non-hydrogen) atoms. The Morgan fingerprint density at radius 2 is 1.60 bits per heavy atom. The Morgan fingerprint density at radius 3 is 2.21 bits per heavy atom. The highest BCUT2D eigenvalue weighted by molar-refractivity contribution is 8.13. The van der Waals surface area contributed by atoms with Crippen LogP contribution in [0.3, 0.4) is 0 Å². The van der Waals surface area contributed by atoms with E-state index in [9.17, 15) is 18.4 Å². The second kappa shape index (κ2) is 15.2. The van der Waals surface area contributed by atoms with Crippen LogP contribution in [0, 0.1) is 5.92 Å². The van der Waals surface area contributed by atoms with Crippen molar-refractivity contribution >= 4 is 63.2 Å². The van der Waals surface area contributed by atoms with Crippen molar-refractivity contribution in [3.05, 3.63) is 53.1 Å². The van der Waals surface area contributed by atoms with Crippen molar-refractivity contribution in [3.63, 3.8) is 0 Å². The molecule has 2 amide bonds. The second-order valence-electron chi connectivity index (χ2n) is 11.9. The van der Waals surface area contributed by atoms with Crippen LogP contribution in [0.15, 0.2) is 46.9 Å². The average molecular weight is 683 g/mol. The summed E-state index contributed by atoms with van der Waals surface area (Å²) < 4.78 is 26.5. The molecule has 0 bridgehead atoms. The van der Waals surface area contributed by atoms with Gasteiger partial charge in [-0.2, -0.15) is 5.10 Å². The van der Waals surface area contributed by atoms with Gasteiger partial charge in [-0.25, -0.2) is 8.78 Å². The minimum absolute atomic E-state index is 0.0750. The van der Waals surface area contributed by atoms with E-state index in [1.807, 2.05) is 34.1 Å². The fourth-order valence-corrected chi connectivity index (χ4v) is 7.77. The second-order valence-corrected chi connectivity index (χ2v) is 13.9. The topological polar surface area (TPSA) is 141 Å². The van der Waals surface area contributed by atoms with Crippen molar-refractivity contribution < 1.29 is 18.4 Å². The molecule has 5 heterocycles.